The summed E-state index contributed by atoms with van der Waals surface area (Å²) >= 11 is 0. The number of carbonyl (C=O) groups is 1. The monoisotopic (exact) mass is 409 g/mol. The number of nitrogens with zero attached hydrogens (tertiary/aromatic N) is 3. The molecule has 0 spiro atoms. The summed E-state index contributed by atoms with van der Waals surface area (Å²) in [7, 11) is 0. The number of oxime groups is 1. The third-order valence-corrected chi connectivity index (χ3v) is 5.49. The van der Waals surface area contributed by atoms with Crippen LogP contribution in [0.4, 0.5) is 0 Å². The van der Waals surface area contributed by atoms with Crippen molar-refractivity contribution in [1.82, 2.24) is 9.80 Å². The van der Waals surface area contributed by atoms with Gasteiger partial charge in [0.15, 0.2) is 0 Å². The van der Waals surface area contributed by atoms with Gasteiger partial charge in [-0.05, 0) is 11.1 Å². The van der Waals surface area contributed by atoms with Gasteiger partial charge < -0.3 is 5.21 Å². The first-order valence-corrected chi connectivity index (χ1v) is 10.5. The van der Waals surface area contributed by atoms with Gasteiger partial charge in [0.05, 0.1) is 5.71 Å². The van der Waals surface area contributed by atoms with Gasteiger partial charge in [0.2, 0.25) is 0 Å². The van der Waals surface area contributed by atoms with Crippen molar-refractivity contribution in [1.29, 1.82) is 0 Å². The van der Waals surface area contributed by atoms with Crippen molar-refractivity contribution in [2.75, 3.05) is 26.2 Å². The first-order chi connectivity index (χ1) is 14.2. The van der Waals surface area contributed by atoms with E-state index in [-0.39, 0.29) is 7.43 Å². The van der Waals surface area contributed by atoms with Crippen molar-refractivity contribution in [2.45, 2.75) is 46.2 Å². The van der Waals surface area contributed by atoms with Crippen LogP contribution in [0.2, 0.25) is 0 Å². The summed E-state index contributed by atoms with van der Waals surface area (Å²) in [6.45, 7) is 5.82. The summed E-state index contributed by atoms with van der Waals surface area (Å²) in [4.78, 5) is 15.8. The molecule has 5 heteroatoms. The van der Waals surface area contributed by atoms with Crippen LogP contribution in [-0.4, -0.2) is 52.7 Å². The summed E-state index contributed by atoms with van der Waals surface area (Å²) in [5.74, 6) is 0.411. The maximum atomic E-state index is 11.0. The van der Waals surface area contributed by atoms with Gasteiger partial charge in [-0.1, -0.05) is 73.2 Å². The molecule has 2 aliphatic heterocycles. The van der Waals surface area contributed by atoms with E-state index in [0.29, 0.717) is 5.78 Å². The van der Waals surface area contributed by atoms with Crippen molar-refractivity contribution in [3.8, 4) is 0 Å². The summed E-state index contributed by atoms with van der Waals surface area (Å²) < 4.78 is 0. The van der Waals surface area contributed by atoms with Crippen molar-refractivity contribution in [3.63, 3.8) is 0 Å². The number of piperidine rings is 2. The van der Waals surface area contributed by atoms with Crippen molar-refractivity contribution < 1.29 is 10.0 Å². The average Bonchev–Trinajstić information content (AvgIpc) is 2.78. The Morgan fingerprint density at radius 3 is 1.50 bits per heavy atom. The molecule has 2 aromatic rings. The summed E-state index contributed by atoms with van der Waals surface area (Å²) in [6.07, 6.45) is 3.24. The fourth-order valence-corrected chi connectivity index (χ4v) is 3.71. The molecule has 2 aliphatic rings. The number of rotatable bonds is 4. The zero-order valence-electron chi connectivity index (χ0n) is 17.0. The molecule has 0 radical (unpaired) electrons. The molecule has 0 bridgehead atoms. The van der Waals surface area contributed by atoms with Crippen molar-refractivity contribution >= 4 is 11.5 Å². The molecular formula is C25H35N3O2. The normalized spacial score (nSPS) is 17.5. The Balaban J connectivity index is 0.000000207. The number of likely N-dealkylation sites (tertiary alicyclic amines) is 2. The van der Waals surface area contributed by atoms with Crippen LogP contribution >= 0.6 is 0 Å². The van der Waals surface area contributed by atoms with Crippen molar-refractivity contribution in [3.05, 3.63) is 71.8 Å². The van der Waals surface area contributed by atoms with Crippen LogP contribution in [0.15, 0.2) is 65.8 Å². The van der Waals surface area contributed by atoms with E-state index in [9.17, 15) is 4.79 Å². The topological polar surface area (TPSA) is 56.1 Å². The molecule has 30 heavy (non-hydrogen) atoms. The predicted octanol–water partition coefficient (Wildman–Crippen LogP) is 4.60. The number of benzene rings is 2. The SMILES string of the molecule is C.O=C1CCN(Cc2ccccc2)CC1.ON=C1CCN(Cc2ccccc2)CC1. The average molecular weight is 410 g/mol. The Bertz CT molecular complexity index is 757. The fraction of sp³-hybridized carbons (Fsp3) is 0.440. The second kappa shape index (κ2) is 12.9. The first kappa shape index (κ1) is 23.8. The Hall–Kier alpha value is -2.50. The number of hydrogen-bond donors (Lipinski definition) is 1. The van der Waals surface area contributed by atoms with E-state index >= 15 is 0 Å². The van der Waals surface area contributed by atoms with Crippen LogP contribution in [0, 0.1) is 0 Å². The Labute approximate surface area is 181 Å². The van der Waals surface area contributed by atoms with E-state index < -0.39 is 0 Å². The third kappa shape index (κ3) is 8.09. The van der Waals surface area contributed by atoms with Gasteiger partial charge in [-0.15, -0.1) is 0 Å². The lowest BCUT2D eigenvalue weighted by Gasteiger charge is -2.26. The molecule has 2 heterocycles. The maximum Gasteiger partial charge on any atom is 0.135 e. The molecule has 5 nitrogen and oxygen atoms in total. The lowest BCUT2D eigenvalue weighted by Crippen LogP contribution is -2.33. The van der Waals surface area contributed by atoms with Crippen molar-refractivity contribution in [2.24, 2.45) is 5.16 Å². The molecule has 0 atom stereocenters. The highest BCUT2D eigenvalue weighted by molar-refractivity contribution is 5.84. The summed E-state index contributed by atoms with van der Waals surface area (Å²) in [5, 5.41) is 11.9. The highest BCUT2D eigenvalue weighted by Gasteiger charge is 2.16. The van der Waals surface area contributed by atoms with E-state index in [1.165, 1.54) is 11.1 Å². The molecule has 0 aromatic heterocycles. The first-order valence-electron chi connectivity index (χ1n) is 10.5. The molecular weight excluding hydrogens is 374 g/mol. The largest absolute Gasteiger partial charge is 0.411 e. The quantitative estimate of drug-likeness (QED) is 0.592. The maximum absolute atomic E-state index is 11.0. The van der Waals surface area contributed by atoms with Crippen LogP contribution in [0.5, 0.6) is 0 Å². The Kier molecular flexibility index (Phi) is 10.3. The molecule has 1 N–H and O–H groups in total. The predicted molar refractivity (Wildman–Crippen MR) is 123 cm³/mol. The minimum absolute atomic E-state index is 0. The van der Waals surface area contributed by atoms with Crippen LogP contribution in [0.1, 0.15) is 44.2 Å². The number of hydrogen-bond acceptors (Lipinski definition) is 5. The van der Waals surface area contributed by atoms with Crippen LogP contribution in [0.25, 0.3) is 0 Å². The van der Waals surface area contributed by atoms with E-state index in [1.54, 1.807) is 0 Å². The van der Waals surface area contributed by atoms with E-state index in [4.69, 9.17) is 5.21 Å². The molecule has 2 fully saturated rings. The van der Waals surface area contributed by atoms with Crippen LogP contribution in [0.3, 0.4) is 0 Å². The highest BCUT2D eigenvalue weighted by atomic mass is 16.4. The minimum Gasteiger partial charge on any atom is -0.411 e. The van der Waals surface area contributed by atoms with Gasteiger partial charge in [-0.25, -0.2) is 0 Å². The summed E-state index contributed by atoms with van der Waals surface area (Å²) in [5.41, 5.74) is 3.61. The second-order valence-electron chi connectivity index (χ2n) is 7.73. The van der Waals surface area contributed by atoms with Gasteiger partial charge in [0, 0.05) is 65.0 Å². The lowest BCUT2D eigenvalue weighted by atomic mass is 10.1. The number of carbonyl (C=O) groups excluding carboxylic acids is 1. The van der Waals surface area contributed by atoms with E-state index in [2.05, 4.69) is 63.5 Å². The van der Waals surface area contributed by atoms with E-state index in [0.717, 1.165) is 70.7 Å². The third-order valence-electron chi connectivity index (χ3n) is 5.49. The van der Waals surface area contributed by atoms with Gasteiger partial charge in [-0.2, -0.15) is 0 Å². The fourth-order valence-electron chi connectivity index (χ4n) is 3.71. The van der Waals surface area contributed by atoms with E-state index in [1.807, 2.05) is 12.1 Å². The highest BCUT2D eigenvalue weighted by Crippen LogP contribution is 2.12. The molecule has 162 valence electrons. The minimum atomic E-state index is 0. The Morgan fingerprint density at radius 2 is 1.10 bits per heavy atom. The second-order valence-corrected chi connectivity index (χ2v) is 7.73. The molecule has 2 saturated heterocycles. The number of Topliss-reactive ketones (excluding diaryl/α,β-unsaturated/α-hetero) is 1. The summed E-state index contributed by atoms with van der Waals surface area (Å²) in [6, 6.07) is 20.9. The van der Waals surface area contributed by atoms with Gasteiger partial charge in [0.1, 0.15) is 5.78 Å². The molecule has 0 aliphatic carbocycles. The van der Waals surface area contributed by atoms with Gasteiger partial charge in [0.25, 0.3) is 0 Å². The van der Waals surface area contributed by atoms with Crippen LogP contribution < -0.4 is 0 Å². The molecule has 2 aromatic carbocycles. The van der Waals surface area contributed by atoms with Gasteiger partial charge in [-0.3, -0.25) is 14.6 Å². The molecule has 0 unspecified atom stereocenters. The standard InChI is InChI=1S/C12H16N2O.C12H15NO.CH4/c15-13-12-6-8-14(9-7-12)10-11-4-2-1-3-5-11;14-12-6-8-13(9-7-12)10-11-4-2-1-3-5-11;/h1-5,15H,6-10H2;1-5H,6-10H2;1H4. The smallest absolute Gasteiger partial charge is 0.135 e. The molecule has 0 amide bonds. The molecule has 4 rings (SSSR count). The zero-order valence-corrected chi connectivity index (χ0v) is 17.0. The lowest BCUT2D eigenvalue weighted by molar-refractivity contribution is -0.121. The molecule has 0 saturated carbocycles. The number of ketones is 1. The zero-order chi connectivity index (χ0) is 20.3. The Morgan fingerprint density at radius 1 is 0.700 bits per heavy atom. The van der Waals surface area contributed by atoms with Crippen LogP contribution in [-0.2, 0) is 17.9 Å². The van der Waals surface area contributed by atoms with Gasteiger partial charge >= 0.3 is 0 Å².